The summed E-state index contributed by atoms with van der Waals surface area (Å²) in [6.07, 6.45) is 2.10. The predicted molar refractivity (Wildman–Crippen MR) is 115 cm³/mol. The highest BCUT2D eigenvalue weighted by molar-refractivity contribution is 5.79. The fourth-order valence-corrected chi connectivity index (χ4v) is 4.81. The highest BCUT2D eigenvalue weighted by Crippen LogP contribution is 2.16. The molecule has 2 N–H and O–H groups in total. The number of amides is 1. The maximum atomic E-state index is 12.9. The minimum Gasteiger partial charge on any atom is -0.372 e. The summed E-state index contributed by atoms with van der Waals surface area (Å²) in [6, 6.07) is 9.09. The van der Waals surface area contributed by atoms with E-state index < -0.39 is 0 Å². The first-order valence-electron chi connectivity index (χ1n) is 11.4. The van der Waals surface area contributed by atoms with Gasteiger partial charge >= 0.3 is 0 Å². The number of likely N-dealkylation sites (tertiary alicyclic amines) is 1. The van der Waals surface area contributed by atoms with Gasteiger partial charge in [0.15, 0.2) is 0 Å². The van der Waals surface area contributed by atoms with Crippen LogP contribution >= 0.6 is 0 Å². The molecular weight excluding hydrogens is 348 g/mol. The van der Waals surface area contributed by atoms with Gasteiger partial charge in [0.05, 0.1) is 45.8 Å². The molecule has 0 radical (unpaired) electrons. The Labute approximate surface area is 171 Å². The molecule has 1 amide bonds. The molecule has 0 unspecified atom stereocenters. The number of piperidine rings is 1. The SMILES string of the molecule is CCN(CC)c1ccc(C[NH+]2CCC(C(=O)N3CC[NH+](CC)CC3)CC2)cc1. The standard InChI is InChI=1S/C23H38N4O/c1-4-24-15-17-27(18-16-24)23(28)21-11-13-25(14-12-21)19-20-7-9-22(10-8-20)26(5-2)6-3/h7-10,21H,4-6,11-19H2,1-3H3/p+2. The average molecular weight is 389 g/mol. The third-order valence-corrected chi connectivity index (χ3v) is 6.84. The van der Waals surface area contributed by atoms with Crippen LogP contribution in [-0.2, 0) is 11.3 Å². The molecule has 3 rings (SSSR count). The van der Waals surface area contributed by atoms with Gasteiger partial charge in [0.1, 0.15) is 6.54 Å². The Morgan fingerprint density at radius 2 is 1.57 bits per heavy atom. The van der Waals surface area contributed by atoms with Gasteiger partial charge in [-0.15, -0.1) is 0 Å². The molecule has 0 saturated carbocycles. The monoisotopic (exact) mass is 388 g/mol. The van der Waals surface area contributed by atoms with Gasteiger partial charge in [0, 0.05) is 43.1 Å². The summed E-state index contributed by atoms with van der Waals surface area (Å²) in [5.41, 5.74) is 2.73. The Bertz CT molecular complexity index is 598. The van der Waals surface area contributed by atoms with Gasteiger partial charge in [-0.3, -0.25) is 4.79 Å². The average Bonchev–Trinajstić information content (AvgIpc) is 2.76. The van der Waals surface area contributed by atoms with E-state index in [4.69, 9.17) is 0 Å². The van der Waals surface area contributed by atoms with Gasteiger partial charge in [-0.2, -0.15) is 0 Å². The van der Waals surface area contributed by atoms with Crippen molar-refractivity contribution in [1.29, 1.82) is 0 Å². The van der Waals surface area contributed by atoms with Crippen molar-refractivity contribution in [3.63, 3.8) is 0 Å². The lowest BCUT2D eigenvalue weighted by Gasteiger charge is -2.36. The van der Waals surface area contributed by atoms with Crippen molar-refractivity contribution in [2.45, 2.75) is 40.2 Å². The summed E-state index contributed by atoms with van der Waals surface area (Å²) in [4.78, 5) is 20.7. The summed E-state index contributed by atoms with van der Waals surface area (Å²) in [5, 5.41) is 0. The van der Waals surface area contributed by atoms with Crippen LogP contribution in [0.25, 0.3) is 0 Å². The molecule has 0 aromatic heterocycles. The van der Waals surface area contributed by atoms with Crippen molar-refractivity contribution < 1.29 is 14.6 Å². The van der Waals surface area contributed by atoms with Crippen LogP contribution < -0.4 is 14.7 Å². The zero-order valence-electron chi connectivity index (χ0n) is 18.2. The van der Waals surface area contributed by atoms with Gasteiger partial charge < -0.3 is 19.6 Å². The van der Waals surface area contributed by atoms with Crippen molar-refractivity contribution in [3.8, 4) is 0 Å². The molecule has 2 aliphatic rings. The first-order valence-corrected chi connectivity index (χ1v) is 11.4. The fourth-order valence-electron chi connectivity index (χ4n) is 4.81. The topological polar surface area (TPSA) is 32.4 Å². The second-order valence-electron chi connectivity index (χ2n) is 8.47. The second kappa shape index (κ2) is 10.3. The minimum absolute atomic E-state index is 0.261. The van der Waals surface area contributed by atoms with Crippen LogP contribution in [0.5, 0.6) is 0 Å². The van der Waals surface area contributed by atoms with Crippen LogP contribution in [0.3, 0.4) is 0 Å². The Morgan fingerprint density at radius 3 is 2.11 bits per heavy atom. The normalized spacial score (nSPS) is 23.6. The molecule has 0 aliphatic carbocycles. The molecule has 0 bridgehead atoms. The number of carbonyl (C=O) groups excluding carboxylic acids is 1. The second-order valence-corrected chi connectivity index (χ2v) is 8.47. The Hall–Kier alpha value is -1.59. The van der Waals surface area contributed by atoms with Crippen LogP contribution in [0, 0.1) is 5.92 Å². The van der Waals surface area contributed by atoms with E-state index in [1.54, 1.807) is 9.80 Å². The highest BCUT2D eigenvalue weighted by Gasteiger charge is 2.32. The smallest absolute Gasteiger partial charge is 0.226 e. The number of anilines is 1. The van der Waals surface area contributed by atoms with E-state index in [9.17, 15) is 4.79 Å². The number of carbonyl (C=O) groups is 1. The quantitative estimate of drug-likeness (QED) is 0.693. The zero-order chi connectivity index (χ0) is 19.9. The molecule has 5 nitrogen and oxygen atoms in total. The summed E-state index contributed by atoms with van der Waals surface area (Å²) in [7, 11) is 0. The first kappa shape index (κ1) is 21.1. The number of piperazine rings is 1. The van der Waals surface area contributed by atoms with Crippen LogP contribution in [0.4, 0.5) is 5.69 Å². The molecule has 1 aromatic carbocycles. The van der Waals surface area contributed by atoms with Crippen molar-refractivity contribution in [2.24, 2.45) is 5.92 Å². The number of nitrogens with one attached hydrogen (secondary N) is 2. The summed E-state index contributed by atoms with van der Waals surface area (Å²) in [5.74, 6) is 0.690. The molecule has 0 atom stereocenters. The molecule has 2 fully saturated rings. The molecule has 1 aromatic rings. The molecule has 2 aliphatic heterocycles. The number of rotatable bonds is 7. The van der Waals surface area contributed by atoms with E-state index in [-0.39, 0.29) is 5.92 Å². The number of hydrogen-bond acceptors (Lipinski definition) is 2. The van der Waals surface area contributed by atoms with Crippen molar-refractivity contribution in [1.82, 2.24) is 4.90 Å². The van der Waals surface area contributed by atoms with Crippen molar-refractivity contribution in [2.75, 3.05) is 63.8 Å². The first-order chi connectivity index (χ1) is 13.6. The number of hydrogen-bond donors (Lipinski definition) is 2. The van der Waals surface area contributed by atoms with Gasteiger partial charge in [-0.1, -0.05) is 12.1 Å². The Balaban J connectivity index is 1.44. The van der Waals surface area contributed by atoms with Gasteiger partial charge in [-0.05, 0) is 32.9 Å². The third-order valence-electron chi connectivity index (χ3n) is 6.84. The predicted octanol–water partition coefficient (Wildman–Crippen LogP) is 0.0747. The van der Waals surface area contributed by atoms with Crippen LogP contribution in [0.15, 0.2) is 24.3 Å². The van der Waals surface area contributed by atoms with E-state index >= 15 is 0 Å². The maximum absolute atomic E-state index is 12.9. The molecule has 28 heavy (non-hydrogen) atoms. The molecular formula is C23H40N4O+2. The molecule has 2 saturated heterocycles. The summed E-state index contributed by atoms with van der Waals surface area (Å²) < 4.78 is 0. The maximum Gasteiger partial charge on any atom is 0.226 e. The molecule has 2 heterocycles. The van der Waals surface area contributed by atoms with Gasteiger partial charge in [0.2, 0.25) is 5.91 Å². The van der Waals surface area contributed by atoms with E-state index in [2.05, 4.69) is 54.8 Å². The van der Waals surface area contributed by atoms with Crippen molar-refractivity contribution >= 4 is 11.6 Å². The molecule has 5 heteroatoms. The highest BCUT2D eigenvalue weighted by atomic mass is 16.2. The van der Waals surface area contributed by atoms with E-state index in [0.29, 0.717) is 5.91 Å². The number of nitrogens with zero attached hydrogens (tertiary/aromatic N) is 2. The molecule has 156 valence electrons. The summed E-state index contributed by atoms with van der Waals surface area (Å²) >= 11 is 0. The van der Waals surface area contributed by atoms with Crippen LogP contribution in [0.1, 0.15) is 39.2 Å². The summed E-state index contributed by atoms with van der Waals surface area (Å²) in [6.45, 7) is 17.4. The Kier molecular flexibility index (Phi) is 7.74. The fraction of sp³-hybridized carbons (Fsp3) is 0.696. The van der Waals surface area contributed by atoms with Crippen LogP contribution in [-0.4, -0.2) is 69.7 Å². The lowest BCUT2D eigenvalue weighted by molar-refractivity contribution is -0.919. The lowest BCUT2D eigenvalue weighted by atomic mass is 9.94. The number of likely N-dealkylation sites (N-methyl/N-ethyl adjacent to an activating group) is 1. The minimum atomic E-state index is 0.261. The van der Waals surface area contributed by atoms with E-state index in [1.165, 1.54) is 17.8 Å². The Morgan fingerprint density at radius 1 is 0.964 bits per heavy atom. The van der Waals surface area contributed by atoms with Gasteiger partial charge in [0.25, 0.3) is 0 Å². The lowest BCUT2D eigenvalue weighted by Crippen LogP contribution is -3.14. The van der Waals surface area contributed by atoms with Crippen LogP contribution in [0.2, 0.25) is 0 Å². The van der Waals surface area contributed by atoms with E-state index in [1.807, 2.05) is 0 Å². The number of quaternary nitrogens is 2. The zero-order valence-corrected chi connectivity index (χ0v) is 18.2. The largest absolute Gasteiger partial charge is 0.372 e. The van der Waals surface area contributed by atoms with Gasteiger partial charge in [-0.25, -0.2) is 0 Å². The van der Waals surface area contributed by atoms with Crippen molar-refractivity contribution in [3.05, 3.63) is 29.8 Å². The third kappa shape index (κ3) is 5.26. The molecule has 0 spiro atoms. The van der Waals surface area contributed by atoms with E-state index in [0.717, 1.165) is 71.7 Å². The number of benzene rings is 1.